The number of anilines is 2. The lowest BCUT2D eigenvalue weighted by Gasteiger charge is -2.24. The number of rotatable bonds is 6. The molecular weight excluding hydrogens is 391 g/mol. The number of carbonyl (C=O) groups is 1. The van der Waals surface area contributed by atoms with Crippen molar-refractivity contribution in [3.05, 3.63) is 53.3 Å². The van der Waals surface area contributed by atoms with Crippen molar-refractivity contribution >= 4 is 17.3 Å². The number of nitrogens with zero attached hydrogens (tertiary/aromatic N) is 1. The van der Waals surface area contributed by atoms with Crippen LogP contribution in [0, 0.1) is 5.82 Å². The summed E-state index contributed by atoms with van der Waals surface area (Å²) < 4.78 is 31.4. The van der Waals surface area contributed by atoms with Crippen molar-refractivity contribution in [3.63, 3.8) is 0 Å². The number of benzene rings is 2. The molecule has 0 aromatic heterocycles. The van der Waals surface area contributed by atoms with E-state index in [4.69, 9.17) is 14.2 Å². The Bertz CT molecular complexity index is 930. The number of carbonyl (C=O) groups excluding carboxylic acids is 1. The average Bonchev–Trinajstić information content (AvgIpc) is 3.38. The van der Waals surface area contributed by atoms with Crippen molar-refractivity contribution in [2.24, 2.45) is 0 Å². The van der Waals surface area contributed by atoms with Gasteiger partial charge in [0, 0.05) is 30.8 Å². The first-order valence-electron chi connectivity index (χ1n) is 9.95. The summed E-state index contributed by atoms with van der Waals surface area (Å²) in [6.45, 7) is 2.14. The molecule has 2 saturated heterocycles. The summed E-state index contributed by atoms with van der Waals surface area (Å²) in [6.07, 6.45) is 1.00. The van der Waals surface area contributed by atoms with E-state index >= 15 is 0 Å². The Labute approximate surface area is 174 Å². The van der Waals surface area contributed by atoms with Crippen LogP contribution in [0.25, 0.3) is 0 Å². The lowest BCUT2D eigenvalue weighted by Crippen LogP contribution is -2.34. The minimum atomic E-state index is -0.628. The number of aliphatic hydroxyl groups is 1. The predicted molar refractivity (Wildman–Crippen MR) is 110 cm³/mol. The topological polar surface area (TPSA) is 80.3 Å². The van der Waals surface area contributed by atoms with Crippen LogP contribution >= 0.6 is 0 Å². The summed E-state index contributed by atoms with van der Waals surface area (Å²) in [5, 5.41) is 12.0. The van der Waals surface area contributed by atoms with E-state index in [9.17, 15) is 14.3 Å². The van der Waals surface area contributed by atoms with E-state index in [-0.39, 0.29) is 12.5 Å². The van der Waals surface area contributed by atoms with Gasteiger partial charge in [-0.1, -0.05) is 0 Å². The van der Waals surface area contributed by atoms with E-state index in [2.05, 4.69) is 5.32 Å². The first-order chi connectivity index (χ1) is 14.5. The van der Waals surface area contributed by atoms with Crippen LogP contribution in [-0.2, 0) is 15.9 Å². The third-order valence-electron chi connectivity index (χ3n) is 5.49. The minimum absolute atomic E-state index is 0.0957. The summed E-state index contributed by atoms with van der Waals surface area (Å²) in [4.78, 5) is 14.6. The Kier molecular flexibility index (Phi) is 5.90. The molecule has 2 heterocycles. The maximum absolute atomic E-state index is 14.8. The number of ether oxygens (including phenoxy) is 3. The highest BCUT2D eigenvalue weighted by atomic mass is 19.1. The number of methoxy groups -OCH3 is 1. The van der Waals surface area contributed by atoms with Crippen molar-refractivity contribution in [1.29, 1.82) is 0 Å². The van der Waals surface area contributed by atoms with Crippen molar-refractivity contribution in [1.82, 2.24) is 0 Å². The molecule has 2 aromatic carbocycles. The molecule has 2 aliphatic rings. The van der Waals surface area contributed by atoms with Crippen LogP contribution in [0.5, 0.6) is 5.75 Å². The summed E-state index contributed by atoms with van der Waals surface area (Å²) in [5.41, 5.74) is 1.88. The first-order valence-corrected chi connectivity index (χ1v) is 9.95. The van der Waals surface area contributed by atoms with Crippen LogP contribution in [0.15, 0.2) is 36.4 Å². The predicted octanol–water partition coefficient (Wildman–Crippen LogP) is 2.57. The zero-order valence-corrected chi connectivity index (χ0v) is 16.8. The average molecular weight is 416 g/mol. The Morgan fingerprint density at radius 1 is 1.27 bits per heavy atom. The van der Waals surface area contributed by atoms with Crippen molar-refractivity contribution < 1.29 is 28.5 Å². The van der Waals surface area contributed by atoms with E-state index in [0.29, 0.717) is 67.4 Å². The molecule has 1 amide bonds. The van der Waals surface area contributed by atoms with E-state index in [0.717, 1.165) is 0 Å². The van der Waals surface area contributed by atoms with Crippen LogP contribution in [-0.4, -0.2) is 56.8 Å². The van der Waals surface area contributed by atoms with Gasteiger partial charge in [0.15, 0.2) is 5.79 Å². The molecule has 0 aliphatic carbocycles. The number of hydrogen-bond donors (Lipinski definition) is 2. The standard InChI is InChI=1S/C22H25FN2O5/c1-28-17-3-4-18(15(12-17)6-9-26)21(27)24-16-2-5-20(19(23)13-16)25-8-7-22(14-25)29-10-11-30-22/h2-5,12-13,26H,6-11,14H2,1H3,(H,24,27). The van der Waals surface area contributed by atoms with Crippen LogP contribution in [0.3, 0.4) is 0 Å². The summed E-state index contributed by atoms with van der Waals surface area (Å²) in [6, 6.07) is 9.66. The Morgan fingerprint density at radius 2 is 2.07 bits per heavy atom. The molecule has 160 valence electrons. The zero-order valence-electron chi connectivity index (χ0n) is 16.8. The zero-order chi connectivity index (χ0) is 21.1. The number of hydrogen-bond acceptors (Lipinski definition) is 6. The van der Waals surface area contributed by atoms with Crippen LogP contribution < -0.4 is 15.0 Å². The lowest BCUT2D eigenvalue weighted by atomic mass is 10.0. The minimum Gasteiger partial charge on any atom is -0.497 e. The van der Waals surface area contributed by atoms with E-state index in [1.807, 2.05) is 4.90 Å². The van der Waals surface area contributed by atoms with Gasteiger partial charge in [-0.3, -0.25) is 4.79 Å². The second-order valence-corrected chi connectivity index (χ2v) is 7.40. The van der Waals surface area contributed by atoms with E-state index < -0.39 is 11.6 Å². The molecule has 0 radical (unpaired) electrons. The van der Waals surface area contributed by atoms with Gasteiger partial charge in [-0.25, -0.2) is 4.39 Å². The molecule has 8 heteroatoms. The van der Waals surface area contributed by atoms with Crippen LogP contribution in [0.2, 0.25) is 0 Å². The molecule has 1 spiro atoms. The van der Waals surface area contributed by atoms with Crippen LogP contribution in [0.4, 0.5) is 15.8 Å². The second-order valence-electron chi connectivity index (χ2n) is 7.40. The van der Waals surface area contributed by atoms with Gasteiger partial charge in [-0.15, -0.1) is 0 Å². The fourth-order valence-electron chi connectivity index (χ4n) is 3.98. The van der Waals surface area contributed by atoms with Gasteiger partial charge in [0.25, 0.3) is 5.91 Å². The van der Waals surface area contributed by atoms with Gasteiger partial charge < -0.3 is 29.5 Å². The molecule has 0 unspecified atom stereocenters. The van der Waals surface area contributed by atoms with Gasteiger partial charge in [0.1, 0.15) is 11.6 Å². The van der Waals surface area contributed by atoms with Gasteiger partial charge >= 0.3 is 0 Å². The molecule has 4 rings (SSSR count). The molecule has 30 heavy (non-hydrogen) atoms. The highest BCUT2D eigenvalue weighted by Gasteiger charge is 2.43. The summed E-state index contributed by atoms with van der Waals surface area (Å²) in [5.74, 6) is -0.824. The lowest BCUT2D eigenvalue weighted by molar-refractivity contribution is -0.137. The molecule has 0 atom stereocenters. The Balaban J connectivity index is 1.48. The van der Waals surface area contributed by atoms with Crippen molar-refractivity contribution in [3.8, 4) is 5.75 Å². The third-order valence-corrected chi connectivity index (χ3v) is 5.49. The summed E-state index contributed by atoms with van der Waals surface area (Å²) >= 11 is 0. The highest BCUT2D eigenvalue weighted by Crippen LogP contribution is 2.35. The number of nitrogens with one attached hydrogen (secondary N) is 1. The van der Waals surface area contributed by atoms with Crippen molar-refractivity contribution in [2.75, 3.05) is 50.2 Å². The summed E-state index contributed by atoms with van der Waals surface area (Å²) in [7, 11) is 1.54. The maximum Gasteiger partial charge on any atom is 0.255 e. The highest BCUT2D eigenvalue weighted by molar-refractivity contribution is 6.05. The van der Waals surface area contributed by atoms with Crippen molar-refractivity contribution in [2.45, 2.75) is 18.6 Å². The first kappa shape index (κ1) is 20.6. The number of halogens is 1. The normalized spacial score (nSPS) is 17.5. The maximum atomic E-state index is 14.8. The van der Waals surface area contributed by atoms with E-state index in [1.54, 1.807) is 30.3 Å². The smallest absolute Gasteiger partial charge is 0.255 e. The van der Waals surface area contributed by atoms with Gasteiger partial charge in [-0.05, 0) is 48.4 Å². The molecule has 0 saturated carbocycles. The molecule has 7 nitrogen and oxygen atoms in total. The third kappa shape index (κ3) is 4.12. The molecule has 2 aliphatic heterocycles. The fraction of sp³-hybridized carbons (Fsp3) is 0.409. The molecule has 0 bridgehead atoms. The Hall–Kier alpha value is -2.68. The largest absolute Gasteiger partial charge is 0.497 e. The number of aliphatic hydroxyl groups excluding tert-OH is 1. The van der Waals surface area contributed by atoms with E-state index in [1.165, 1.54) is 13.2 Å². The number of amides is 1. The molecular formula is C22H25FN2O5. The van der Waals surface area contributed by atoms with Crippen LogP contribution in [0.1, 0.15) is 22.3 Å². The van der Waals surface area contributed by atoms with Gasteiger partial charge in [-0.2, -0.15) is 0 Å². The van der Waals surface area contributed by atoms with Gasteiger partial charge in [0.2, 0.25) is 0 Å². The second kappa shape index (κ2) is 8.59. The monoisotopic (exact) mass is 416 g/mol. The molecule has 2 fully saturated rings. The SMILES string of the molecule is COc1ccc(C(=O)Nc2ccc(N3CCC4(C3)OCCO4)c(F)c2)c(CCO)c1. The van der Waals surface area contributed by atoms with Gasteiger partial charge in [0.05, 0.1) is 32.6 Å². The molecule has 2 N–H and O–H groups in total. The fourth-order valence-corrected chi connectivity index (χ4v) is 3.98. The Morgan fingerprint density at radius 3 is 2.77 bits per heavy atom. The quantitative estimate of drug-likeness (QED) is 0.754. The molecule has 2 aromatic rings.